The molecule has 1 fully saturated rings. The number of likely N-dealkylation sites (tertiary alicyclic amines) is 1. The van der Waals surface area contributed by atoms with Crippen molar-refractivity contribution in [3.05, 3.63) is 17.5 Å². The number of rotatable bonds is 3. The van der Waals surface area contributed by atoms with Gasteiger partial charge in [-0.2, -0.15) is 5.10 Å². The lowest BCUT2D eigenvalue weighted by atomic mass is 10.0. The van der Waals surface area contributed by atoms with Crippen LogP contribution in [-0.4, -0.2) is 39.7 Å². The highest BCUT2D eigenvalue weighted by Crippen LogP contribution is 2.19. The van der Waals surface area contributed by atoms with Crippen molar-refractivity contribution >= 4 is 30.7 Å². The molecular formula is C13H24Cl2N4O. The first-order chi connectivity index (χ1) is 8.47. The first kappa shape index (κ1) is 19.2. The number of hydrogen-bond acceptors (Lipinski definition) is 3. The van der Waals surface area contributed by atoms with Crippen LogP contribution >= 0.6 is 24.8 Å². The summed E-state index contributed by atoms with van der Waals surface area (Å²) < 4.78 is 1.77. The fraction of sp³-hybridized carbons (Fsp3) is 0.692. The minimum absolute atomic E-state index is 0. The zero-order valence-corrected chi connectivity index (χ0v) is 13.8. The molecule has 1 aromatic heterocycles. The summed E-state index contributed by atoms with van der Waals surface area (Å²) in [6, 6.07) is 2.15. The van der Waals surface area contributed by atoms with Gasteiger partial charge in [0.05, 0.1) is 5.69 Å². The SMILES string of the molecule is Cc1cc(C)n(CC(=O)N2CCC(C(C)N)C2)n1.Cl.Cl. The number of nitrogens with two attached hydrogens (primary N) is 1. The molecule has 0 aliphatic carbocycles. The summed E-state index contributed by atoms with van der Waals surface area (Å²) in [6.07, 6.45) is 1.01. The number of amides is 1. The molecule has 2 unspecified atom stereocenters. The average molecular weight is 323 g/mol. The van der Waals surface area contributed by atoms with Gasteiger partial charge in [-0.3, -0.25) is 9.48 Å². The lowest BCUT2D eigenvalue weighted by molar-refractivity contribution is -0.131. The molecule has 1 aliphatic heterocycles. The third kappa shape index (κ3) is 4.36. The monoisotopic (exact) mass is 322 g/mol. The molecule has 0 spiro atoms. The van der Waals surface area contributed by atoms with Crippen LogP contribution in [0, 0.1) is 19.8 Å². The van der Waals surface area contributed by atoms with Crippen LogP contribution in [0.25, 0.3) is 0 Å². The predicted molar refractivity (Wildman–Crippen MR) is 84.5 cm³/mol. The fourth-order valence-electron chi connectivity index (χ4n) is 2.51. The van der Waals surface area contributed by atoms with Gasteiger partial charge < -0.3 is 10.6 Å². The number of halogens is 2. The molecule has 0 bridgehead atoms. The van der Waals surface area contributed by atoms with E-state index in [2.05, 4.69) is 5.10 Å². The van der Waals surface area contributed by atoms with Crippen molar-refractivity contribution < 1.29 is 4.79 Å². The Bertz CT molecular complexity index is 448. The van der Waals surface area contributed by atoms with Gasteiger partial charge in [-0.15, -0.1) is 24.8 Å². The molecule has 2 N–H and O–H groups in total. The molecule has 1 aromatic rings. The standard InChI is InChI=1S/C13H22N4O.2ClH/c1-9-6-10(2)17(15-9)8-13(18)16-5-4-12(7-16)11(3)14;;/h6,11-12H,4-5,7-8,14H2,1-3H3;2*1H. The summed E-state index contributed by atoms with van der Waals surface area (Å²) in [4.78, 5) is 14.1. The number of carbonyl (C=O) groups is 1. The minimum atomic E-state index is 0. The van der Waals surface area contributed by atoms with Gasteiger partial charge in [0, 0.05) is 24.8 Å². The minimum Gasteiger partial charge on any atom is -0.341 e. The second kappa shape index (κ2) is 7.86. The van der Waals surface area contributed by atoms with Gasteiger partial charge >= 0.3 is 0 Å². The van der Waals surface area contributed by atoms with Crippen LogP contribution in [0.5, 0.6) is 0 Å². The summed E-state index contributed by atoms with van der Waals surface area (Å²) >= 11 is 0. The smallest absolute Gasteiger partial charge is 0.244 e. The molecule has 0 aromatic carbocycles. The average Bonchev–Trinajstić information content (AvgIpc) is 2.86. The molecule has 1 aliphatic rings. The van der Waals surface area contributed by atoms with Gasteiger partial charge in [0.2, 0.25) is 5.91 Å². The van der Waals surface area contributed by atoms with Crippen molar-refractivity contribution in [2.45, 2.75) is 39.8 Å². The van der Waals surface area contributed by atoms with Crippen molar-refractivity contribution in [1.82, 2.24) is 14.7 Å². The normalized spacial score (nSPS) is 19.2. The third-order valence-electron chi connectivity index (χ3n) is 3.71. The van der Waals surface area contributed by atoms with Crippen molar-refractivity contribution in [2.75, 3.05) is 13.1 Å². The number of nitrogens with zero attached hydrogens (tertiary/aromatic N) is 3. The van der Waals surface area contributed by atoms with E-state index in [-0.39, 0.29) is 36.8 Å². The Morgan fingerprint density at radius 2 is 2.15 bits per heavy atom. The Labute approximate surface area is 132 Å². The Morgan fingerprint density at radius 3 is 2.60 bits per heavy atom. The first-order valence-corrected chi connectivity index (χ1v) is 6.52. The largest absolute Gasteiger partial charge is 0.341 e. The summed E-state index contributed by atoms with van der Waals surface area (Å²) in [6.45, 7) is 7.88. The van der Waals surface area contributed by atoms with E-state index in [1.807, 2.05) is 31.7 Å². The molecule has 2 atom stereocenters. The van der Waals surface area contributed by atoms with Crippen LogP contribution in [0.2, 0.25) is 0 Å². The number of aryl methyl sites for hydroxylation is 2. The first-order valence-electron chi connectivity index (χ1n) is 6.52. The van der Waals surface area contributed by atoms with E-state index in [0.29, 0.717) is 12.5 Å². The molecule has 5 nitrogen and oxygen atoms in total. The highest BCUT2D eigenvalue weighted by atomic mass is 35.5. The van der Waals surface area contributed by atoms with Crippen molar-refractivity contribution in [3.63, 3.8) is 0 Å². The third-order valence-corrected chi connectivity index (χ3v) is 3.71. The van der Waals surface area contributed by atoms with Gasteiger partial charge in [-0.1, -0.05) is 0 Å². The lowest BCUT2D eigenvalue weighted by Gasteiger charge is -2.18. The quantitative estimate of drug-likeness (QED) is 0.918. The molecular weight excluding hydrogens is 299 g/mol. The molecule has 0 saturated carbocycles. The second-order valence-corrected chi connectivity index (χ2v) is 5.33. The second-order valence-electron chi connectivity index (χ2n) is 5.33. The molecule has 0 radical (unpaired) electrons. The summed E-state index contributed by atoms with van der Waals surface area (Å²) in [5, 5.41) is 4.32. The van der Waals surface area contributed by atoms with E-state index >= 15 is 0 Å². The van der Waals surface area contributed by atoms with Gasteiger partial charge in [0.1, 0.15) is 6.54 Å². The molecule has 1 saturated heterocycles. The Morgan fingerprint density at radius 1 is 1.50 bits per heavy atom. The van der Waals surface area contributed by atoms with E-state index in [0.717, 1.165) is 30.9 Å². The molecule has 2 rings (SSSR count). The molecule has 1 amide bonds. The van der Waals surface area contributed by atoms with Crippen LogP contribution in [0.4, 0.5) is 0 Å². The molecule has 20 heavy (non-hydrogen) atoms. The van der Waals surface area contributed by atoms with Gasteiger partial charge in [-0.05, 0) is 39.2 Å². The van der Waals surface area contributed by atoms with Crippen LogP contribution in [0.15, 0.2) is 6.07 Å². The highest BCUT2D eigenvalue weighted by Gasteiger charge is 2.28. The Balaban J connectivity index is 0.00000180. The van der Waals surface area contributed by atoms with Crippen LogP contribution < -0.4 is 5.73 Å². The van der Waals surface area contributed by atoms with Gasteiger partial charge in [-0.25, -0.2) is 0 Å². The molecule has 116 valence electrons. The summed E-state index contributed by atoms with van der Waals surface area (Å²) in [5.74, 6) is 0.582. The number of hydrogen-bond donors (Lipinski definition) is 1. The topological polar surface area (TPSA) is 64.2 Å². The van der Waals surface area contributed by atoms with Gasteiger partial charge in [0.25, 0.3) is 0 Å². The van der Waals surface area contributed by atoms with Gasteiger partial charge in [0.15, 0.2) is 0 Å². The molecule has 2 heterocycles. The Hall–Kier alpha value is -0.780. The summed E-state index contributed by atoms with van der Waals surface area (Å²) in [7, 11) is 0. The predicted octanol–water partition coefficient (Wildman–Crippen LogP) is 1.54. The van der Waals surface area contributed by atoms with Crippen molar-refractivity contribution in [1.29, 1.82) is 0 Å². The lowest BCUT2D eigenvalue weighted by Crippen LogP contribution is -2.35. The maximum absolute atomic E-state index is 12.2. The van der Waals surface area contributed by atoms with E-state index in [4.69, 9.17) is 5.73 Å². The van der Waals surface area contributed by atoms with Crippen molar-refractivity contribution in [2.24, 2.45) is 11.7 Å². The summed E-state index contributed by atoms with van der Waals surface area (Å²) in [5.41, 5.74) is 7.87. The maximum atomic E-state index is 12.2. The fourth-order valence-corrected chi connectivity index (χ4v) is 2.51. The highest BCUT2D eigenvalue weighted by molar-refractivity contribution is 5.85. The van der Waals surface area contributed by atoms with E-state index < -0.39 is 0 Å². The zero-order valence-electron chi connectivity index (χ0n) is 12.2. The number of carbonyl (C=O) groups excluding carboxylic acids is 1. The van der Waals surface area contributed by atoms with Crippen LogP contribution in [-0.2, 0) is 11.3 Å². The number of aromatic nitrogens is 2. The van der Waals surface area contributed by atoms with E-state index in [9.17, 15) is 4.79 Å². The Kier molecular flexibility index (Phi) is 7.55. The molecule has 7 heteroatoms. The maximum Gasteiger partial charge on any atom is 0.244 e. The van der Waals surface area contributed by atoms with Crippen LogP contribution in [0.1, 0.15) is 24.7 Å². The van der Waals surface area contributed by atoms with Crippen molar-refractivity contribution in [3.8, 4) is 0 Å². The van der Waals surface area contributed by atoms with Crippen LogP contribution in [0.3, 0.4) is 0 Å². The zero-order chi connectivity index (χ0) is 13.3. The van der Waals surface area contributed by atoms with E-state index in [1.165, 1.54) is 0 Å². The van der Waals surface area contributed by atoms with E-state index in [1.54, 1.807) is 4.68 Å².